The van der Waals surface area contributed by atoms with Gasteiger partial charge in [0.1, 0.15) is 11.4 Å². The third-order valence-electron chi connectivity index (χ3n) is 5.16. The average molecular weight is 393 g/mol. The van der Waals surface area contributed by atoms with Gasteiger partial charge in [-0.15, -0.1) is 0 Å². The smallest absolute Gasteiger partial charge is 0.271 e. The van der Waals surface area contributed by atoms with Gasteiger partial charge in [-0.3, -0.25) is 9.59 Å². The number of nitrogens with one attached hydrogen (secondary N) is 1. The van der Waals surface area contributed by atoms with Crippen molar-refractivity contribution in [3.05, 3.63) is 60.0 Å². The number of amides is 2. The van der Waals surface area contributed by atoms with Crippen LogP contribution < -0.4 is 10.1 Å². The lowest BCUT2D eigenvalue weighted by atomic mass is 10.1. The summed E-state index contributed by atoms with van der Waals surface area (Å²) in [4.78, 5) is 31.3. The zero-order valence-corrected chi connectivity index (χ0v) is 16.2. The van der Waals surface area contributed by atoms with Crippen molar-refractivity contribution in [1.29, 1.82) is 0 Å². The molecule has 1 N–H and O–H groups in total. The standard InChI is InChI=1S/C21H23N5O3/c1-29-17-5-2-4-15(12-17)14-25-11-9-16(7-8-20(25)27)24-21(28)18-13-22-19-6-3-10-23-26(18)19/h2-6,10,12-13,16H,7-9,11,14H2,1H3,(H,24,28). The molecule has 4 rings (SSSR count). The number of fused-ring (bicyclic) bond motifs is 1. The van der Waals surface area contributed by atoms with Gasteiger partial charge in [0.2, 0.25) is 5.91 Å². The average Bonchev–Trinajstić information content (AvgIpc) is 3.11. The number of methoxy groups -OCH3 is 1. The number of ether oxygens (including phenoxy) is 1. The van der Waals surface area contributed by atoms with Crippen LogP contribution in [0.15, 0.2) is 48.8 Å². The van der Waals surface area contributed by atoms with Crippen LogP contribution in [0.5, 0.6) is 5.75 Å². The van der Waals surface area contributed by atoms with Crippen LogP contribution in [0.25, 0.3) is 5.65 Å². The van der Waals surface area contributed by atoms with Crippen molar-refractivity contribution in [2.75, 3.05) is 13.7 Å². The number of hydrogen-bond donors (Lipinski definition) is 1. The van der Waals surface area contributed by atoms with E-state index in [-0.39, 0.29) is 17.9 Å². The Kier molecular flexibility index (Phi) is 5.41. The molecule has 1 unspecified atom stereocenters. The quantitative estimate of drug-likeness (QED) is 0.717. The summed E-state index contributed by atoms with van der Waals surface area (Å²) in [6.07, 6.45) is 4.86. The second-order valence-electron chi connectivity index (χ2n) is 7.10. The lowest BCUT2D eigenvalue weighted by molar-refractivity contribution is -0.131. The summed E-state index contributed by atoms with van der Waals surface area (Å²) < 4.78 is 6.78. The maximum absolute atomic E-state index is 12.7. The van der Waals surface area contributed by atoms with Crippen molar-refractivity contribution in [2.45, 2.75) is 31.8 Å². The highest BCUT2D eigenvalue weighted by molar-refractivity contribution is 5.93. The van der Waals surface area contributed by atoms with Crippen LogP contribution in [0.1, 0.15) is 35.3 Å². The first kappa shape index (κ1) is 18.9. The van der Waals surface area contributed by atoms with Crippen molar-refractivity contribution >= 4 is 17.5 Å². The molecule has 3 heterocycles. The predicted molar refractivity (Wildman–Crippen MR) is 107 cm³/mol. The van der Waals surface area contributed by atoms with E-state index in [1.165, 1.54) is 10.7 Å². The highest BCUT2D eigenvalue weighted by atomic mass is 16.5. The van der Waals surface area contributed by atoms with Crippen LogP contribution in [-0.4, -0.2) is 51.0 Å². The number of aromatic nitrogens is 3. The zero-order chi connectivity index (χ0) is 20.2. The van der Waals surface area contributed by atoms with Crippen LogP contribution in [0, 0.1) is 0 Å². The van der Waals surface area contributed by atoms with Gasteiger partial charge >= 0.3 is 0 Å². The number of carbonyl (C=O) groups is 2. The first-order valence-corrected chi connectivity index (χ1v) is 9.64. The molecule has 0 aliphatic carbocycles. The second-order valence-corrected chi connectivity index (χ2v) is 7.10. The third kappa shape index (κ3) is 4.21. The van der Waals surface area contributed by atoms with Crippen molar-refractivity contribution in [3.63, 3.8) is 0 Å². The third-order valence-corrected chi connectivity index (χ3v) is 5.16. The molecule has 1 saturated heterocycles. The molecule has 0 spiro atoms. The molecule has 0 bridgehead atoms. The molecular formula is C21H23N5O3. The minimum atomic E-state index is -0.227. The molecule has 8 nitrogen and oxygen atoms in total. The van der Waals surface area contributed by atoms with Gasteiger partial charge in [-0.05, 0) is 42.7 Å². The van der Waals surface area contributed by atoms with Crippen LogP contribution in [0.3, 0.4) is 0 Å². The van der Waals surface area contributed by atoms with E-state index in [0.29, 0.717) is 43.7 Å². The Hall–Kier alpha value is -3.42. The molecule has 3 aromatic rings. The first-order valence-electron chi connectivity index (χ1n) is 9.64. The minimum absolute atomic E-state index is 0.0731. The maximum Gasteiger partial charge on any atom is 0.271 e. The van der Waals surface area contributed by atoms with E-state index in [1.807, 2.05) is 29.2 Å². The lowest BCUT2D eigenvalue weighted by Crippen LogP contribution is -2.36. The highest BCUT2D eigenvalue weighted by Crippen LogP contribution is 2.19. The summed E-state index contributed by atoms with van der Waals surface area (Å²) in [6, 6.07) is 11.2. The summed E-state index contributed by atoms with van der Waals surface area (Å²) in [5, 5.41) is 7.22. The first-order chi connectivity index (χ1) is 14.1. The molecule has 150 valence electrons. The molecule has 1 fully saturated rings. The van der Waals surface area contributed by atoms with Gasteiger partial charge in [0, 0.05) is 31.7 Å². The Balaban J connectivity index is 1.40. The van der Waals surface area contributed by atoms with Crippen LogP contribution in [-0.2, 0) is 11.3 Å². The summed E-state index contributed by atoms with van der Waals surface area (Å²) in [7, 11) is 1.63. The topological polar surface area (TPSA) is 88.8 Å². The fourth-order valence-electron chi connectivity index (χ4n) is 3.58. The van der Waals surface area contributed by atoms with E-state index < -0.39 is 0 Å². The van der Waals surface area contributed by atoms with Gasteiger partial charge in [0.05, 0.1) is 13.3 Å². The fraction of sp³-hybridized carbons (Fsp3) is 0.333. The van der Waals surface area contributed by atoms with Crippen LogP contribution >= 0.6 is 0 Å². The Labute approximate surface area is 168 Å². The van der Waals surface area contributed by atoms with Gasteiger partial charge < -0.3 is 15.0 Å². The monoisotopic (exact) mass is 393 g/mol. The Morgan fingerprint density at radius 2 is 2.17 bits per heavy atom. The maximum atomic E-state index is 12.7. The number of imidazole rings is 1. The molecule has 1 aliphatic heterocycles. The minimum Gasteiger partial charge on any atom is -0.497 e. The Morgan fingerprint density at radius 1 is 1.28 bits per heavy atom. The number of carbonyl (C=O) groups excluding carboxylic acids is 2. The summed E-state index contributed by atoms with van der Waals surface area (Å²) in [5.41, 5.74) is 2.04. The highest BCUT2D eigenvalue weighted by Gasteiger charge is 2.25. The van der Waals surface area contributed by atoms with E-state index >= 15 is 0 Å². The molecule has 2 amide bonds. The molecule has 1 aliphatic rings. The van der Waals surface area contributed by atoms with E-state index in [9.17, 15) is 9.59 Å². The van der Waals surface area contributed by atoms with Crippen molar-refractivity contribution in [3.8, 4) is 5.75 Å². The molecule has 1 aromatic carbocycles. The van der Waals surface area contributed by atoms with Crippen LogP contribution in [0.4, 0.5) is 0 Å². The molecule has 8 heteroatoms. The molecule has 1 atom stereocenters. The number of nitrogens with zero attached hydrogens (tertiary/aromatic N) is 4. The van der Waals surface area contributed by atoms with E-state index in [0.717, 1.165) is 11.3 Å². The van der Waals surface area contributed by atoms with E-state index in [1.54, 1.807) is 25.4 Å². The van der Waals surface area contributed by atoms with Gasteiger partial charge in [-0.1, -0.05) is 12.1 Å². The molecule has 0 saturated carbocycles. The van der Waals surface area contributed by atoms with Gasteiger partial charge in [-0.25, -0.2) is 9.50 Å². The Bertz CT molecular complexity index is 1030. The summed E-state index contributed by atoms with van der Waals surface area (Å²) in [6.45, 7) is 1.13. The summed E-state index contributed by atoms with van der Waals surface area (Å²) in [5.74, 6) is 0.646. The number of hydrogen-bond acceptors (Lipinski definition) is 5. The summed E-state index contributed by atoms with van der Waals surface area (Å²) >= 11 is 0. The fourth-order valence-corrected chi connectivity index (χ4v) is 3.58. The van der Waals surface area contributed by atoms with Crippen molar-refractivity contribution in [1.82, 2.24) is 24.8 Å². The SMILES string of the molecule is COc1cccc(CN2CCC(NC(=O)c3cnc4cccnn34)CCC2=O)c1. The number of benzene rings is 1. The van der Waals surface area contributed by atoms with Gasteiger partial charge in [-0.2, -0.15) is 5.10 Å². The predicted octanol–water partition coefficient (Wildman–Crippen LogP) is 2.05. The lowest BCUT2D eigenvalue weighted by Gasteiger charge is -2.21. The van der Waals surface area contributed by atoms with Crippen molar-refractivity contribution < 1.29 is 14.3 Å². The largest absolute Gasteiger partial charge is 0.497 e. The van der Waals surface area contributed by atoms with Crippen molar-refractivity contribution in [2.24, 2.45) is 0 Å². The zero-order valence-electron chi connectivity index (χ0n) is 16.2. The molecule has 29 heavy (non-hydrogen) atoms. The normalized spacial score (nSPS) is 17.2. The Morgan fingerprint density at radius 3 is 3.03 bits per heavy atom. The molecular weight excluding hydrogens is 370 g/mol. The number of likely N-dealkylation sites (tertiary alicyclic amines) is 1. The van der Waals surface area contributed by atoms with Gasteiger partial charge in [0.25, 0.3) is 5.91 Å². The van der Waals surface area contributed by atoms with Gasteiger partial charge in [0.15, 0.2) is 5.65 Å². The van der Waals surface area contributed by atoms with E-state index in [2.05, 4.69) is 15.4 Å². The number of rotatable bonds is 5. The second kappa shape index (κ2) is 8.30. The molecule has 0 radical (unpaired) electrons. The van der Waals surface area contributed by atoms with E-state index in [4.69, 9.17) is 4.74 Å². The van der Waals surface area contributed by atoms with Crippen LogP contribution in [0.2, 0.25) is 0 Å². The molecule has 2 aromatic heterocycles.